The molecular formula is C13H21FN4O4. The molecule has 1 aliphatic heterocycles. The highest BCUT2D eigenvalue weighted by molar-refractivity contribution is 5.94. The molecule has 22 heavy (non-hydrogen) atoms. The van der Waals surface area contributed by atoms with Gasteiger partial charge in [0.2, 0.25) is 0 Å². The van der Waals surface area contributed by atoms with Gasteiger partial charge in [-0.2, -0.15) is 0 Å². The number of esters is 1. The molecule has 0 amide bonds. The number of halogens is 1. The number of hydrogen-bond donors (Lipinski definition) is 3. The second-order valence-electron chi connectivity index (χ2n) is 4.12. The Labute approximate surface area is 129 Å². The lowest BCUT2D eigenvalue weighted by molar-refractivity contribution is 0.0593. The Bertz CT molecular complexity index is 545. The number of ether oxygens (including phenoxy) is 2. The van der Waals surface area contributed by atoms with E-state index in [1.165, 1.54) is 20.3 Å². The summed E-state index contributed by atoms with van der Waals surface area (Å²) in [6.45, 7) is 0.711. The zero-order chi connectivity index (χ0) is 16.5. The minimum absolute atomic E-state index is 0. The van der Waals surface area contributed by atoms with E-state index in [1.54, 1.807) is 6.07 Å². The van der Waals surface area contributed by atoms with E-state index in [2.05, 4.69) is 26.8 Å². The zero-order valence-electron chi connectivity index (χ0n) is 12.6. The summed E-state index contributed by atoms with van der Waals surface area (Å²) >= 11 is 0. The highest BCUT2D eigenvalue weighted by Crippen LogP contribution is 2.18. The number of aliphatic imine (C=N–C) groups is 1. The highest BCUT2D eigenvalue weighted by Gasteiger charge is 2.15. The van der Waals surface area contributed by atoms with Gasteiger partial charge in [0.25, 0.3) is 1.45 Å². The van der Waals surface area contributed by atoms with Crippen LogP contribution in [0.3, 0.4) is 0 Å². The minimum Gasteiger partial charge on any atom is -0.497 e. The molecule has 0 aliphatic carbocycles. The fourth-order valence-corrected chi connectivity index (χ4v) is 1.63. The molecule has 1 unspecified atom stereocenters. The van der Waals surface area contributed by atoms with Gasteiger partial charge < -0.3 is 25.2 Å². The van der Waals surface area contributed by atoms with Crippen LogP contribution in [0.1, 0.15) is 17.9 Å². The predicted molar refractivity (Wildman–Crippen MR) is 81.3 cm³/mol. The Hall–Kier alpha value is -2.42. The van der Waals surface area contributed by atoms with E-state index in [9.17, 15) is 9.90 Å². The predicted octanol–water partition coefficient (Wildman–Crippen LogP) is 0.397. The van der Waals surface area contributed by atoms with Gasteiger partial charge in [0, 0.05) is 18.7 Å². The Kier molecular flexibility index (Phi) is 7.03. The second-order valence-corrected chi connectivity index (χ2v) is 4.12. The van der Waals surface area contributed by atoms with E-state index in [-0.39, 0.29) is 13.1 Å². The SMILES string of the molecule is C.COC(=O)c1cc(OC)cc(NC2=NCC(O)CN2)n1.[3H]F. The number of guanidine groups is 1. The van der Waals surface area contributed by atoms with Gasteiger partial charge in [-0.1, -0.05) is 7.43 Å². The lowest BCUT2D eigenvalue weighted by Gasteiger charge is -2.19. The third-order valence-corrected chi connectivity index (χ3v) is 2.64. The monoisotopic (exact) mass is 318 g/mol. The maximum Gasteiger partial charge on any atom is 0.356 e. The number of pyridine rings is 1. The molecule has 2 rings (SSSR count). The van der Waals surface area contributed by atoms with Gasteiger partial charge in [0.1, 0.15) is 11.6 Å². The van der Waals surface area contributed by atoms with Gasteiger partial charge in [-0.05, 0) is 0 Å². The lowest BCUT2D eigenvalue weighted by atomic mass is 10.3. The molecule has 0 saturated carbocycles. The van der Waals surface area contributed by atoms with Crippen LogP contribution in [0.2, 0.25) is 0 Å². The van der Waals surface area contributed by atoms with Crippen molar-refractivity contribution in [2.75, 3.05) is 32.6 Å². The first-order chi connectivity index (χ1) is 10.6. The molecule has 1 aromatic rings. The van der Waals surface area contributed by atoms with Crippen molar-refractivity contribution in [1.82, 2.24) is 10.3 Å². The lowest BCUT2D eigenvalue weighted by Crippen LogP contribution is -2.42. The van der Waals surface area contributed by atoms with E-state index in [4.69, 9.17) is 9.45 Å². The van der Waals surface area contributed by atoms with Crippen molar-refractivity contribution >= 4 is 17.7 Å². The van der Waals surface area contributed by atoms with Crippen LogP contribution in [0.25, 0.3) is 0 Å². The van der Waals surface area contributed by atoms with Crippen LogP contribution >= 0.6 is 0 Å². The number of β-amino-alcohol motifs (C(OH)–C–C–N with tert-alkyl or cyclic N) is 1. The number of carbonyl (C=O) groups excluding carboxylic acids is 1. The van der Waals surface area contributed by atoms with Gasteiger partial charge in [-0.25, -0.2) is 9.78 Å². The Balaban J connectivity index is 0.00000155. The van der Waals surface area contributed by atoms with Crippen molar-refractivity contribution < 1.29 is 24.1 Å². The fourth-order valence-electron chi connectivity index (χ4n) is 1.63. The standard InChI is InChI=1S/C12H16N4O4.CH4.FH/c1-19-8-3-9(11(18)20-2)15-10(4-8)16-12-13-5-7(17)6-14-12;;/h3-4,7,17H,5-6H2,1-2H3,(H2,13,14,15,16);1H4;1H/i/hT. The zero-order valence-corrected chi connectivity index (χ0v) is 11.6. The number of carbonyl (C=O) groups is 1. The maximum absolute atomic E-state index is 11.5. The molecule has 0 aromatic carbocycles. The molecule has 0 fully saturated rings. The first-order valence-electron chi connectivity index (χ1n) is 6.38. The fraction of sp³-hybridized carbons (Fsp3) is 0.462. The summed E-state index contributed by atoms with van der Waals surface area (Å²) in [6.07, 6.45) is -0.496. The summed E-state index contributed by atoms with van der Waals surface area (Å²) in [4.78, 5) is 19.7. The van der Waals surface area contributed by atoms with Crippen molar-refractivity contribution in [3.8, 4) is 5.75 Å². The molecule has 3 N–H and O–H groups in total. The molecule has 0 radical (unpaired) electrons. The van der Waals surface area contributed by atoms with Crippen molar-refractivity contribution in [2.45, 2.75) is 13.5 Å². The molecule has 1 atom stereocenters. The van der Waals surface area contributed by atoms with Crippen LogP contribution in [-0.4, -0.2) is 56.9 Å². The molecule has 124 valence electrons. The third kappa shape index (κ3) is 4.85. The largest absolute Gasteiger partial charge is 0.497 e. The molecule has 0 saturated heterocycles. The summed E-state index contributed by atoms with van der Waals surface area (Å²) in [5, 5.41) is 15.2. The Morgan fingerprint density at radius 3 is 2.82 bits per heavy atom. The van der Waals surface area contributed by atoms with E-state index in [0.29, 0.717) is 30.6 Å². The summed E-state index contributed by atoms with van der Waals surface area (Å²) in [6, 6.07) is 3.11. The summed E-state index contributed by atoms with van der Waals surface area (Å²) < 4.78 is 22.7. The van der Waals surface area contributed by atoms with Gasteiger partial charge >= 0.3 is 5.97 Å². The highest BCUT2D eigenvalue weighted by atomic mass is 19.0. The summed E-state index contributed by atoms with van der Waals surface area (Å²) in [5.41, 5.74) is 0.130. The van der Waals surface area contributed by atoms with Crippen molar-refractivity contribution in [2.24, 2.45) is 4.99 Å². The number of rotatable bonds is 3. The van der Waals surface area contributed by atoms with Gasteiger partial charge in [-0.15, -0.1) is 0 Å². The molecular weight excluding hydrogens is 295 g/mol. The van der Waals surface area contributed by atoms with Crippen LogP contribution in [0, 0.1) is 0 Å². The minimum atomic E-state index is -0.555. The van der Waals surface area contributed by atoms with Crippen LogP contribution in [0.15, 0.2) is 17.1 Å². The number of nitrogens with one attached hydrogen (secondary N) is 2. The molecule has 1 aromatic heterocycles. The average molecular weight is 318 g/mol. The van der Waals surface area contributed by atoms with E-state index in [1.807, 2.05) is 0 Å². The number of aliphatic hydroxyl groups is 1. The van der Waals surface area contributed by atoms with Gasteiger partial charge in [0.05, 0.1) is 26.9 Å². The maximum atomic E-state index is 11.5. The molecule has 1 aliphatic rings. The topological polar surface area (TPSA) is 105 Å². The van der Waals surface area contributed by atoms with Gasteiger partial charge in [0.15, 0.2) is 11.7 Å². The van der Waals surface area contributed by atoms with Gasteiger partial charge in [-0.3, -0.25) is 9.71 Å². The molecule has 0 bridgehead atoms. The first kappa shape index (κ1) is 17.6. The van der Waals surface area contributed by atoms with Crippen molar-refractivity contribution in [3.63, 3.8) is 0 Å². The normalized spacial score (nSPS) is 16.5. The molecule has 9 heteroatoms. The Morgan fingerprint density at radius 2 is 2.27 bits per heavy atom. The second kappa shape index (κ2) is 8.78. The smallest absolute Gasteiger partial charge is 0.356 e. The first-order valence-corrected chi connectivity index (χ1v) is 6.00. The van der Waals surface area contributed by atoms with Crippen molar-refractivity contribution in [3.05, 3.63) is 17.8 Å². The van der Waals surface area contributed by atoms with E-state index in [0.717, 1.165) is 0 Å². The molecule has 8 nitrogen and oxygen atoms in total. The molecule has 2 heterocycles. The van der Waals surface area contributed by atoms with E-state index < -0.39 is 12.1 Å². The van der Waals surface area contributed by atoms with Crippen LogP contribution in [0.4, 0.5) is 10.5 Å². The number of nitrogens with zero attached hydrogens (tertiary/aromatic N) is 2. The number of methoxy groups -OCH3 is 2. The van der Waals surface area contributed by atoms with Crippen LogP contribution in [-0.2, 0) is 4.74 Å². The molecule has 0 spiro atoms. The summed E-state index contributed by atoms with van der Waals surface area (Å²) in [7, 11) is 2.78. The number of anilines is 1. The number of aliphatic hydroxyl groups excluding tert-OH is 1. The third-order valence-electron chi connectivity index (χ3n) is 2.64. The van der Waals surface area contributed by atoms with Crippen molar-refractivity contribution in [1.29, 1.82) is 1.45 Å². The van der Waals surface area contributed by atoms with Crippen LogP contribution < -0.4 is 15.4 Å². The Morgan fingerprint density at radius 1 is 1.55 bits per heavy atom. The average Bonchev–Trinajstić information content (AvgIpc) is 2.57. The van der Waals surface area contributed by atoms with E-state index >= 15 is 0 Å². The van der Waals surface area contributed by atoms with Crippen LogP contribution in [0.5, 0.6) is 5.75 Å². The number of aromatic nitrogens is 1. The quantitative estimate of drug-likeness (QED) is 0.693. The number of hydrogen-bond acceptors (Lipinski definition) is 8. The summed E-state index contributed by atoms with van der Waals surface area (Å²) in [5.74, 6) is 0.791.